The minimum absolute atomic E-state index is 0.00460. The molecular weight excluding hydrogens is 458 g/mol. The van der Waals surface area contributed by atoms with Gasteiger partial charge in [-0.1, -0.05) is 25.4 Å². The first-order chi connectivity index (χ1) is 15.1. The van der Waals surface area contributed by atoms with Crippen LogP contribution in [0.2, 0.25) is 5.02 Å². The molecule has 0 aliphatic rings. The Balaban J connectivity index is 2.06. The highest BCUT2D eigenvalue weighted by molar-refractivity contribution is 7.89. The molecule has 12 heteroatoms. The zero-order chi connectivity index (χ0) is 23.9. The van der Waals surface area contributed by atoms with E-state index in [1.54, 1.807) is 39.4 Å². The first-order valence-electron chi connectivity index (χ1n) is 9.88. The van der Waals surface area contributed by atoms with E-state index in [9.17, 15) is 18.0 Å². The van der Waals surface area contributed by atoms with Gasteiger partial charge >= 0.3 is 5.97 Å². The van der Waals surface area contributed by atoms with Gasteiger partial charge in [-0.05, 0) is 31.2 Å². The van der Waals surface area contributed by atoms with Crippen LogP contribution in [0.15, 0.2) is 41.6 Å². The van der Waals surface area contributed by atoms with Crippen molar-refractivity contribution in [3.8, 4) is 0 Å². The van der Waals surface area contributed by atoms with Crippen molar-refractivity contribution in [2.24, 2.45) is 0 Å². The molecule has 1 aromatic heterocycles. The fraction of sp³-hybridized carbons (Fsp3) is 0.400. The summed E-state index contributed by atoms with van der Waals surface area (Å²) in [7, 11) is -2.12. The lowest BCUT2D eigenvalue weighted by molar-refractivity contribution is -0.151. The summed E-state index contributed by atoms with van der Waals surface area (Å²) < 4.78 is 31.9. The van der Waals surface area contributed by atoms with Crippen LogP contribution < -0.4 is 10.2 Å². The van der Waals surface area contributed by atoms with Crippen LogP contribution in [-0.4, -0.2) is 67.4 Å². The Morgan fingerprint density at radius 1 is 1.19 bits per heavy atom. The summed E-state index contributed by atoms with van der Waals surface area (Å²) in [6.07, 6.45) is 1.93. The maximum absolute atomic E-state index is 12.7. The molecule has 0 bridgehead atoms. The molecule has 1 atom stereocenters. The third-order valence-corrected chi connectivity index (χ3v) is 6.85. The van der Waals surface area contributed by atoms with Gasteiger partial charge in [0, 0.05) is 32.5 Å². The van der Waals surface area contributed by atoms with Gasteiger partial charge in [-0.15, -0.1) is 0 Å². The van der Waals surface area contributed by atoms with E-state index in [2.05, 4.69) is 15.3 Å². The van der Waals surface area contributed by atoms with Gasteiger partial charge in [-0.2, -0.15) is 4.31 Å². The molecule has 0 radical (unpaired) electrons. The molecule has 0 saturated heterocycles. The van der Waals surface area contributed by atoms with E-state index < -0.39 is 28.0 Å². The third kappa shape index (κ3) is 6.38. The van der Waals surface area contributed by atoms with Crippen LogP contribution in [-0.2, 0) is 24.3 Å². The van der Waals surface area contributed by atoms with Crippen molar-refractivity contribution in [1.82, 2.24) is 14.3 Å². The van der Waals surface area contributed by atoms with E-state index in [-0.39, 0.29) is 22.2 Å². The number of hydrogen-bond acceptors (Lipinski definition) is 8. The number of carbonyl (C=O) groups is 2. The number of ether oxygens (including phenoxy) is 1. The highest BCUT2D eigenvalue weighted by Crippen LogP contribution is 2.27. The average molecular weight is 484 g/mol. The molecule has 1 unspecified atom stereocenters. The van der Waals surface area contributed by atoms with Crippen LogP contribution in [0.3, 0.4) is 0 Å². The average Bonchev–Trinajstić information content (AvgIpc) is 2.76. The largest absolute Gasteiger partial charge is 0.451 e. The number of aromatic nitrogens is 2. The fourth-order valence-corrected chi connectivity index (χ4v) is 4.40. The molecule has 0 spiro atoms. The first-order valence-corrected chi connectivity index (χ1v) is 11.7. The number of likely N-dealkylation sites (N-methyl/N-ethyl adjacent to an activating group) is 1. The molecule has 0 saturated carbocycles. The SMILES string of the molecule is CCN(CC)S(=O)(=O)c1ccc(Cl)c(NC(=O)C(C)OC(=O)CN(C)c2ncccn2)c1. The number of nitrogens with zero attached hydrogens (tertiary/aromatic N) is 4. The smallest absolute Gasteiger partial charge is 0.326 e. The van der Waals surface area contributed by atoms with Gasteiger partial charge in [0.15, 0.2) is 6.10 Å². The summed E-state index contributed by atoms with van der Waals surface area (Å²) in [5, 5.41) is 2.67. The van der Waals surface area contributed by atoms with Crippen LogP contribution in [0.1, 0.15) is 20.8 Å². The van der Waals surface area contributed by atoms with E-state index in [1.165, 1.54) is 34.3 Å². The number of carbonyl (C=O) groups excluding carboxylic acids is 2. The molecule has 174 valence electrons. The van der Waals surface area contributed by atoms with Crippen molar-refractivity contribution in [3.63, 3.8) is 0 Å². The first kappa shape index (κ1) is 25.5. The van der Waals surface area contributed by atoms with Gasteiger partial charge in [0.1, 0.15) is 6.54 Å². The number of halogens is 1. The summed E-state index contributed by atoms with van der Waals surface area (Å²) in [5.41, 5.74) is 0.0996. The van der Waals surface area contributed by atoms with Crippen molar-refractivity contribution in [2.75, 3.05) is 36.9 Å². The van der Waals surface area contributed by atoms with Gasteiger partial charge in [-0.3, -0.25) is 9.59 Å². The molecule has 1 amide bonds. The van der Waals surface area contributed by atoms with E-state index in [1.807, 2.05) is 0 Å². The van der Waals surface area contributed by atoms with Crippen LogP contribution >= 0.6 is 11.6 Å². The van der Waals surface area contributed by atoms with Crippen LogP contribution in [0, 0.1) is 0 Å². The monoisotopic (exact) mass is 483 g/mol. The van der Waals surface area contributed by atoms with E-state index in [0.717, 1.165) is 0 Å². The molecular formula is C20H26ClN5O5S. The van der Waals surface area contributed by atoms with Gasteiger partial charge in [0.05, 0.1) is 15.6 Å². The lowest BCUT2D eigenvalue weighted by Crippen LogP contribution is -2.35. The molecule has 1 aromatic carbocycles. The predicted molar refractivity (Wildman–Crippen MR) is 121 cm³/mol. The van der Waals surface area contributed by atoms with Crippen molar-refractivity contribution in [2.45, 2.75) is 31.8 Å². The lowest BCUT2D eigenvalue weighted by Gasteiger charge is -2.20. The number of nitrogens with one attached hydrogen (secondary N) is 1. The zero-order valence-corrected chi connectivity index (χ0v) is 19.9. The topological polar surface area (TPSA) is 122 Å². The molecule has 32 heavy (non-hydrogen) atoms. The standard InChI is InChI=1S/C20H26ClN5O5S/c1-5-26(6-2)32(29,30)15-8-9-16(21)17(12-15)24-19(28)14(3)31-18(27)13-25(4)20-22-10-7-11-23-20/h7-12,14H,5-6,13H2,1-4H3,(H,24,28). The highest BCUT2D eigenvalue weighted by atomic mass is 35.5. The number of amides is 1. The van der Waals surface area contributed by atoms with Gasteiger partial charge in [-0.25, -0.2) is 18.4 Å². The van der Waals surface area contributed by atoms with Gasteiger partial charge in [0.2, 0.25) is 16.0 Å². The number of rotatable bonds is 10. The minimum Gasteiger partial charge on any atom is -0.451 e. The van der Waals surface area contributed by atoms with Crippen molar-refractivity contribution < 1.29 is 22.7 Å². The number of hydrogen-bond donors (Lipinski definition) is 1. The normalized spacial score (nSPS) is 12.3. The Labute approximate surface area is 192 Å². The molecule has 0 aliphatic heterocycles. The minimum atomic E-state index is -3.73. The Kier molecular flexibility index (Phi) is 8.93. The molecule has 0 aliphatic carbocycles. The second-order valence-electron chi connectivity index (χ2n) is 6.76. The highest BCUT2D eigenvalue weighted by Gasteiger charge is 2.24. The second-order valence-corrected chi connectivity index (χ2v) is 9.10. The van der Waals surface area contributed by atoms with E-state index in [0.29, 0.717) is 19.0 Å². The van der Waals surface area contributed by atoms with E-state index >= 15 is 0 Å². The van der Waals surface area contributed by atoms with Crippen LogP contribution in [0.25, 0.3) is 0 Å². The summed E-state index contributed by atoms with van der Waals surface area (Å²) >= 11 is 6.13. The fourth-order valence-electron chi connectivity index (χ4n) is 2.75. The Hall–Kier alpha value is -2.76. The van der Waals surface area contributed by atoms with Crippen LogP contribution in [0.5, 0.6) is 0 Å². The Morgan fingerprint density at radius 2 is 1.81 bits per heavy atom. The number of anilines is 2. The summed E-state index contributed by atoms with van der Waals surface area (Å²) in [6.45, 7) is 5.31. The maximum atomic E-state index is 12.7. The van der Waals surface area contributed by atoms with Crippen molar-refractivity contribution in [3.05, 3.63) is 41.7 Å². The Bertz CT molecular complexity index is 1050. The maximum Gasteiger partial charge on any atom is 0.326 e. The summed E-state index contributed by atoms with van der Waals surface area (Å²) in [4.78, 5) is 34.2. The number of sulfonamides is 1. The molecule has 1 N–H and O–H groups in total. The molecule has 2 aromatic rings. The summed E-state index contributed by atoms with van der Waals surface area (Å²) in [6, 6.07) is 5.69. The van der Waals surface area contributed by atoms with Gasteiger partial charge in [0.25, 0.3) is 5.91 Å². The third-order valence-electron chi connectivity index (χ3n) is 4.48. The molecule has 0 fully saturated rings. The van der Waals surface area contributed by atoms with Crippen LogP contribution in [0.4, 0.5) is 11.6 Å². The van der Waals surface area contributed by atoms with E-state index in [4.69, 9.17) is 16.3 Å². The second kappa shape index (κ2) is 11.2. The lowest BCUT2D eigenvalue weighted by atomic mass is 10.3. The molecule has 1 heterocycles. The summed E-state index contributed by atoms with van der Waals surface area (Å²) in [5.74, 6) is -0.984. The Morgan fingerprint density at radius 3 is 2.41 bits per heavy atom. The predicted octanol–water partition coefficient (Wildman–Crippen LogP) is 2.17. The molecule has 2 rings (SSSR count). The molecule has 10 nitrogen and oxygen atoms in total. The quantitative estimate of drug-likeness (QED) is 0.510. The van der Waals surface area contributed by atoms with Gasteiger partial charge < -0.3 is 15.0 Å². The van der Waals surface area contributed by atoms with Crippen molar-refractivity contribution in [1.29, 1.82) is 0 Å². The van der Waals surface area contributed by atoms with Crippen molar-refractivity contribution >= 4 is 45.1 Å². The number of benzene rings is 1. The zero-order valence-electron chi connectivity index (χ0n) is 18.3. The number of esters is 1.